The second kappa shape index (κ2) is 5.81. The van der Waals surface area contributed by atoms with Crippen molar-refractivity contribution in [1.82, 2.24) is 0 Å². The molecule has 0 saturated heterocycles. The highest BCUT2D eigenvalue weighted by Gasteiger charge is 2.08. The highest BCUT2D eigenvalue weighted by Crippen LogP contribution is 1.87. The van der Waals surface area contributed by atoms with Crippen LogP contribution < -0.4 is 0 Å². The molecule has 0 bridgehead atoms. The van der Waals surface area contributed by atoms with Crippen molar-refractivity contribution in [3.63, 3.8) is 0 Å². The van der Waals surface area contributed by atoms with Crippen molar-refractivity contribution >= 4 is 9.53 Å². The lowest BCUT2D eigenvalue weighted by molar-refractivity contribution is 0.181. The number of hydrogen-bond donors (Lipinski definition) is 0. The third-order valence-corrected chi connectivity index (χ3v) is 1.86. The molecule has 0 aromatic carbocycles. The average molecular weight is 148 g/mol. The minimum Gasteiger partial charge on any atom is -0.510 e. The molecule has 0 fully saturated rings. The molecule has 0 N–H and O–H groups in total. The molecular formula is C5H12O3Si. The van der Waals surface area contributed by atoms with E-state index in [1.54, 1.807) is 26.6 Å². The second-order valence-corrected chi connectivity index (χ2v) is 3.16. The van der Waals surface area contributed by atoms with Crippen LogP contribution in [0.25, 0.3) is 0 Å². The Morgan fingerprint density at radius 1 is 1.22 bits per heavy atom. The van der Waals surface area contributed by atoms with E-state index < -0.39 is 9.53 Å². The van der Waals surface area contributed by atoms with Crippen LogP contribution in [0.2, 0.25) is 0 Å². The fourth-order valence-corrected chi connectivity index (χ4v) is 1.05. The van der Waals surface area contributed by atoms with Crippen LogP contribution in [0.3, 0.4) is 0 Å². The van der Waals surface area contributed by atoms with Crippen molar-refractivity contribution in [3.8, 4) is 0 Å². The Kier molecular flexibility index (Phi) is 5.60. The molecule has 0 aliphatic carbocycles. The molecule has 0 spiro atoms. The topological polar surface area (TPSA) is 27.7 Å². The summed E-state index contributed by atoms with van der Waals surface area (Å²) in [6.45, 7) is 1.87. The largest absolute Gasteiger partial charge is 0.548 e. The van der Waals surface area contributed by atoms with Crippen LogP contribution in [-0.4, -0.2) is 23.7 Å². The molecule has 9 heavy (non-hydrogen) atoms. The lowest BCUT2D eigenvalue weighted by atomic mass is 10.8. The summed E-state index contributed by atoms with van der Waals surface area (Å²) in [4.78, 5) is 0. The maximum atomic E-state index is 5.00. The molecular weight excluding hydrogens is 136 g/mol. The Morgan fingerprint density at radius 2 is 1.78 bits per heavy atom. The molecule has 0 atom stereocenters. The second-order valence-electron chi connectivity index (χ2n) is 1.37. The van der Waals surface area contributed by atoms with E-state index in [0.717, 1.165) is 0 Å². The van der Waals surface area contributed by atoms with Crippen molar-refractivity contribution in [2.24, 2.45) is 0 Å². The maximum Gasteiger partial charge on any atom is 0.548 e. The van der Waals surface area contributed by atoms with Crippen LogP contribution in [0.1, 0.15) is 6.92 Å². The summed E-state index contributed by atoms with van der Waals surface area (Å²) in [7, 11) is 1.35. The smallest absolute Gasteiger partial charge is 0.510 e. The zero-order valence-electron chi connectivity index (χ0n) is 5.96. The Balaban J connectivity index is 3.31. The van der Waals surface area contributed by atoms with Gasteiger partial charge in [-0.15, -0.1) is 0 Å². The standard InChI is InChI=1S/C5H12O3Si/c1-4-5-8-9(6-2)7-3/h4-5,9H,1-3H3. The third-order valence-electron chi connectivity index (χ3n) is 0.711. The fraction of sp³-hybridized carbons (Fsp3) is 0.600. The molecule has 0 aromatic heterocycles. The van der Waals surface area contributed by atoms with Gasteiger partial charge in [0.25, 0.3) is 0 Å². The minimum absolute atomic E-state index is 1.57. The highest BCUT2D eigenvalue weighted by molar-refractivity contribution is 6.36. The summed E-state index contributed by atoms with van der Waals surface area (Å²) in [6.07, 6.45) is 3.36. The third kappa shape index (κ3) is 4.20. The normalized spacial score (nSPS) is 11.1. The number of allylic oxidation sites excluding steroid dienone is 1. The molecule has 0 aromatic rings. The molecule has 54 valence electrons. The van der Waals surface area contributed by atoms with Gasteiger partial charge in [-0.25, -0.2) is 0 Å². The zero-order chi connectivity index (χ0) is 7.11. The lowest BCUT2D eigenvalue weighted by Crippen LogP contribution is -2.20. The van der Waals surface area contributed by atoms with Crippen LogP contribution >= 0.6 is 0 Å². The summed E-state index contributed by atoms with van der Waals surface area (Å²) < 4.78 is 14.7. The predicted molar refractivity (Wildman–Crippen MR) is 37.1 cm³/mol. The highest BCUT2D eigenvalue weighted by atomic mass is 28.3. The average Bonchev–Trinajstić information content (AvgIpc) is 1.91. The summed E-state index contributed by atoms with van der Waals surface area (Å²) in [6, 6.07) is 0. The number of hydrogen-bond acceptors (Lipinski definition) is 3. The van der Waals surface area contributed by atoms with Gasteiger partial charge < -0.3 is 13.3 Å². The van der Waals surface area contributed by atoms with Gasteiger partial charge in [-0.3, -0.25) is 0 Å². The van der Waals surface area contributed by atoms with E-state index in [0.29, 0.717) is 0 Å². The van der Waals surface area contributed by atoms with Crippen LogP contribution in [-0.2, 0) is 13.3 Å². The van der Waals surface area contributed by atoms with Crippen molar-refractivity contribution in [3.05, 3.63) is 12.3 Å². The van der Waals surface area contributed by atoms with Crippen molar-refractivity contribution < 1.29 is 13.3 Å². The first kappa shape index (κ1) is 8.68. The Labute approximate surface area is 57.2 Å². The zero-order valence-corrected chi connectivity index (χ0v) is 7.11. The van der Waals surface area contributed by atoms with Crippen molar-refractivity contribution in [2.75, 3.05) is 14.2 Å². The van der Waals surface area contributed by atoms with Crippen LogP contribution in [0.4, 0.5) is 0 Å². The van der Waals surface area contributed by atoms with Gasteiger partial charge in [0.2, 0.25) is 0 Å². The Morgan fingerprint density at radius 3 is 2.11 bits per heavy atom. The van der Waals surface area contributed by atoms with Gasteiger partial charge in [0.15, 0.2) is 0 Å². The van der Waals surface area contributed by atoms with Crippen LogP contribution in [0.15, 0.2) is 12.3 Å². The first-order valence-corrected chi connectivity index (χ1v) is 4.08. The van der Waals surface area contributed by atoms with Crippen molar-refractivity contribution in [1.29, 1.82) is 0 Å². The minimum atomic E-state index is -1.80. The van der Waals surface area contributed by atoms with E-state index in [1.807, 2.05) is 6.92 Å². The van der Waals surface area contributed by atoms with E-state index in [2.05, 4.69) is 0 Å². The van der Waals surface area contributed by atoms with E-state index >= 15 is 0 Å². The molecule has 0 unspecified atom stereocenters. The quantitative estimate of drug-likeness (QED) is 0.430. The van der Waals surface area contributed by atoms with E-state index in [1.165, 1.54) is 0 Å². The molecule has 4 heteroatoms. The summed E-state index contributed by atoms with van der Waals surface area (Å²) >= 11 is 0. The van der Waals surface area contributed by atoms with Gasteiger partial charge in [0, 0.05) is 14.2 Å². The van der Waals surface area contributed by atoms with Gasteiger partial charge >= 0.3 is 9.53 Å². The summed E-state index contributed by atoms with van der Waals surface area (Å²) in [5, 5.41) is 0. The molecule has 0 rings (SSSR count). The first-order chi connectivity index (χ1) is 4.35. The van der Waals surface area contributed by atoms with Gasteiger partial charge in [-0.2, -0.15) is 0 Å². The summed E-state index contributed by atoms with van der Waals surface area (Å²) in [5.41, 5.74) is 0. The van der Waals surface area contributed by atoms with Crippen LogP contribution in [0.5, 0.6) is 0 Å². The van der Waals surface area contributed by atoms with Gasteiger partial charge in [0.05, 0.1) is 6.26 Å². The maximum absolute atomic E-state index is 5.00. The molecule has 3 nitrogen and oxygen atoms in total. The SMILES string of the molecule is CC=CO[SiH](OC)OC. The summed E-state index contributed by atoms with van der Waals surface area (Å²) in [5.74, 6) is 0. The van der Waals surface area contributed by atoms with Crippen LogP contribution in [0, 0.1) is 0 Å². The molecule has 0 radical (unpaired) electrons. The van der Waals surface area contributed by atoms with Gasteiger partial charge in [-0.1, -0.05) is 6.08 Å². The monoisotopic (exact) mass is 148 g/mol. The molecule has 0 heterocycles. The first-order valence-electron chi connectivity index (χ1n) is 2.67. The molecule has 0 amide bonds. The molecule has 0 aliphatic heterocycles. The van der Waals surface area contributed by atoms with Crippen molar-refractivity contribution in [2.45, 2.75) is 6.92 Å². The Hall–Kier alpha value is -0.323. The van der Waals surface area contributed by atoms with E-state index in [4.69, 9.17) is 13.3 Å². The Bertz CT molecular complexity index is 80.3. The van der Waals surface area contributed by atoms with E-state index in [-0.39, 0.29) is 0 Å². The number of rotatable bonds is 4. The molecule has 0 aliphatic rings. The van der Waals surface area contributed by atoms with E-state index in [9.17, 15) is 0 Å². The lowest BCUT2D eigenvalue weighted by Gasteiger charge is -2.07. The van der Waals surface area contributed by atoms with Gasteiger partial charge in [-0.05, 0) is 6.92 Å². The van der Waals surface area contributed by atoms with Gasteiger partial charge in [0.1, 0.15) is 0 Å². The molecule has 0 saturated carbocycles. The fourth-order valence-electron chi connectivity index (χ4n) is 0.350. The predicted octanol–water partition coefficient (Wildman–Crippen LogP) is 0.547.